The molecule has 0 saturated heterocycles. The molecule has 1 heterocycles. The molecule has 2 aromatic rings. The highest BCUT2D eigenvalue weighted by molar-refractivity contribution is 7.89. The molecule has 0 radical (unpaired) electrons. The molecule has 9 heteroatoms. The van der Waals surface area contributed by atoms with E-state index in [2.05, 4.69) is 15.0 Å². The van der Waals surface area contributed by atoms with Gasteiger partial charge in [0.25, 0.3) is 0 Å². The largest absolute Gasteiger partial charge is 0.333 e. The average Bonchev–Trinajstić information content (AvgIpc) is 2.66. The van der Waals surface area contributed by atoms with Gasteiger partial charge < -0.3 is 10.2 Å². The van der Waals surface area contributed by atoms with Crippen LogP contribution in [0.1, 0.15) is 18.1 Å². The van der Waals surface area contributed by atoms with Gasteiger partial charge in [-0.1, -0.05) is 19.1 Å². The number of hydrogen-bond donors (Lipinski definition) is 2. The molecular formula is C20H24N4O4S. The fraction of sp³-hybridized carbons (Fsp3) is 0.250. The zero-order valence-electron chi connectivity index (χ0n) is 16.5. The van der Waals surface area contributed by atoms with Gasteiger partial charge >= 0.3 is 0 Å². The van der Waals surface area contributed by atoms with Crippen LogP contribution in [0.2, 0.25) is 0 Å². The number of carbonyl (C=O) groups excluding carboxylic acids is 2. The lowest BCUT2D eigenvalue weighted by atomic mass is 10.2. The van der Waals surface area contributed by atoms with Crippen LogP contribution in [0, 0.1) is 6.92 Å². The smallest absolute Gasteiger partial charge is 0.246 e. The summed E-state index contributed by atoms with van der Waals surface area (Å²) in [6, 6.07) is 9.69. The summed E-state index contributed by atoms with van der Waals surface area (Å²) in [6.07, 6.45) is 4.48. The van der Waals surface area contributed by atoms with Gasteiger partial charge in [0.2, 0.25) is 21.8 Å². The molecule has 0 aliphatic heterocycles. The molecule has 154 valence electrons. The summed E-state index contributed by atoms with van der Waals surface area (Å²) in [5, 5.41) is 2.64. The molecule has 0 unspecified atom stereocenters. The number of hydrogen-bond acceptors (Lipinski definition) is 5. The van der Waals surface area contributed by atoms with Gasteiger partial charge in [-0.15, -0.1) is 0 Å². The molecule has 0 aliphatic carbocycles. The minimum Gasteiger partial charge on any atom is -0.333 e. The van der Waals surface area contributed by atoms with Crippen molar-refractivity contribution in [3.63, 3.8) is 0 Å². The molecule has 0 bridgehead atoms. The van der Waals surface area contributed by atoms with Crippen molar-refractivity contribution in [1.82, 2.24) is 14.6 Å². The van der Waals surface area contributed by atoms with E-state index in [1.54, 1.807) is 37.4 Å². The maximum atomic E-state index is 12.2. The first kappa shape index (κ1) is 22.3. The van der Waals surface area contributed by atoms with Gasteiger partial charge in [-0.3, -0.25) is 9.59 Å². The number of pyridine rings is 1. The van der Waals surface area contributed by atoms with E-state index in [0.717, 1.165) is 5.56 Å². The minimum absolute atomic E-state index is 0.126. The number of likely N-dealkylation sites (N-methyl/N-ethyl adjacent to an activating group) is 1. The lowest BCUT2D eigenvalue weighted by molar-refractivity contribution is -0.129. The van der Waals surface area contributed by atoms with Crippen LogP contribution in [-0.2, 0) is 19.6 Å². The maximum Gasteiger partial charge on any atom is 0.246 e. The van der Waals surface area contributed by atoms with E-state index in [9.17, 15) is 18.0 Å². The Morgan fingerprint density at radius 3 is 2.48 bits per heavy atom. The Balaban J connectivity index is 1.93. The number of anilines is 1. The second-order valence-corrected chi connectivity index (χ2v) is 8.13. The van der Waals surface area contributed by atoms with Crippen molar-refractivity contribution in [2.45, 2.75) is 18.7 Å². The Bertz CT molecular complexity index is 1000. The van der Waals surface area contributed by atoms with Crippen LogP contribution in [0.3, 0.4) is 0 Å². The van der Waals surface area contributed by atoms with E-state index in [1.807, 2.05) is 13.0 Å². The summed E-state index contributed by atoms with van der Waals surface area (Å²) in [7, 11) is -2.00. The molecule has 2 amide bonds. The third-order valence-electron chi connectivity index (χ3n) is 3.88. The van der Waals surface area contributed by atoms with Gasteiger partial charge in [0.15, 0.2) is 0 Å². The zero-order valence-corrected chi connectivity index (χ0v) is 17.4. The standard InChI is InChI=1S/C20H24N4O4S/c1-4-22-29(27,28)17-8-5-16(6-9-17)7-10-20(26)24(3)14-19(25)23-18-13-15(2)11-12-21-18/h5-13,22H,4,14H2,1-3H3,(H,21,23,25)/b10-7+. The number of rotatable bonds is 8. The molecule has 29 heavy (non-hydrogen) atoms. The van der Waals surface area contributed by atoms with Crippen molar-refractivity contribution < 1.29 is 18.0 Å². The normalized spacial score (nSPS) is 11.4. The molecule has 0 atom stereocenters. The lowest BCUT2D eigenvalue weighted by Crippen LogP contribution is -2.34. The van der Waals surface area contributed by atoms with Gasteiger partial charge in [-0.25, -0.2) is 18.1 Å². The van der Waals surface area contributed by atoms with Gasteiger partial charge in [-0.2, -0.15) is 0 Å². The number of amides is 2. The third kappa shape index (κ3) is 6.81. The molecule has 0 spiro atoms. The predicted molar refractivity (Wildman–Crippen MR) is 112 cm³/mol. The molecular weight excluding hydrogens is 392 g/mol. The van der Waals surface area contributed by atoms with E-state index >= 15 is 0 Å². The molecule has 2 N–H and O–H groups in total. The van der Waals surface area contributed by atoms with Gasteiger partial charge in [0.05, 0.1) is 11.4 Å². The van der Waals surface area contributed by atoms with E-state index in [1.165, 1.54) is 30.2 Å². The molecule has 1 aromatic carbocycles. The van der Waals surface area contributed by atoms with Crippen LogP contribution >= 0.6 is 0 Å². The Kier molecular flexibility index (Phi) is 7.63. The number of aryl methyl sites for hydroxylation is 1. The first-order valence-corrected chi connectivity index (χ1v) is 10.4. The molecule has 1 aromatic heterocycles. The Morgan fingerprint density at radius 1 is 1.17 bits per heavy atom. The van der Waals surface area contributed by atoms with Crippen molar-refractivity contribution in [3.05, 3.63) is 59.8 Å². The minimum atomic E-state index is -3.51. The highest BCUT2D eigenvalue weighted by atomic mass is 32.2. The zero-order chi connectivity index (χ0) is 21.4. The molecule has 2 rings (SSSR count). The quantitative estimate of drug-likeness (QED) is 0.638. The molecule has 0 saturated carbocycles. The Labute approximate surface area is 170 Å². The molecule has 8 nitrogen and oxygen atoms in total. The van der Waals surface area contributed by atoms with E-state index in [4.69, 9.17) is 0 Å². The second-order valence-electron chi connectivity index (χ2n) is 6.36. The summed E-state index contributed by atoms with van der Waals surface area (Å²) in [4.78, 5) is 29.7. The monoisotopic (exact) mass is 416 g/mol. The number of sulfonamides is 1. The van der Waals surface area contributed by atoms with Crippen LogP contribution < -0.4 is 10.0 Å². The molecule has 0 aliphatic rings. The predicted octanol–water partition coefficient (Wildman–Crippen LogP) is 1.80. The van der Waals surface area contributed by atoms with Crippen molar-refractivity contribution in [2.75, 3.05) is 25.5 Å². The number of carbonyl (C=O) groups is 2. The van der Waals surface area contributed by atoms with Crippen LogP contribution in [0.15, 0.2) is 53.6 Å². The summed E-state index contributed by atoms with van der Waals surface area (Å²) in [6.45, 7) is 3.77. The number of benzene rings is 1. The van der Waals surface area contributed by atoms with Crippen molar-refractivity contribution >= 4 is 33.7 Å². The first-order valence-electron chi connectivity index (χ1n) is 8.96. The van der Waals surface area contributed by atoms with E-state index < -0.39 is 10.0 Å². The Morgan fingerprint density at radius 2 is 1.86 bits per heavy atom. The van der Waals surface area contributed by atoms with Gasteiger partial charge in [0.1, 0.15) is 5.82 Å². The third-order valence-corrected chi connectivity index (χ3v) is 5.44. The SMILES string of the molecule is CCNS(=O)(=O)c1ccc(/C=C/C(=O)N(C)CC(=O)Nc2cc(C)ccn2)cc1. The highest BCUT2D eigenvalue weighted by Crippen LogP contribution is 2.12. The van der Waals surface area contributed by atoms with Crippen molar-refractivity contribution in [2.24, 2.45) is 0 Å². The summed E-state index contributed by atoms with van der Waals surface area (Å²) in [5.74, 6) is -0.286. The number of nitrogens with zero attached hydrogens (tertiary/aromatic N) is 2. The van der Waals surface area contributed by atoms with E-state index in [0.29, 0.717) is 17.9 Å². The topological polar surface area (TPSA) is 108 Å². The van der Waals surface area contributed by atoms with Crippen molar-refractivity contribution in [1.29, 1.82) is 0 Å². The average molecular weight is 417 g/mol. The van der Waals surface area contributed by atoms with Crippen LogP contribution in [0.25, 0.3) is 6.08 Å². The maximum absolute atomic E-state index is 12.2. The molecule has 0 fully saturated rings. The fourth-order valence-electron chi connectivity index (χ4n) is 2.41. The van der Waals surface area contributed by atoms with Gasteiger partial charge in [0, 0.05) is 25.9 Å². The number of nitrogens with one attached hydrogen (secondary N) is 2. The lowest BCUT2D eigenvalue weighted by Gasteiger charge is -2.14. The number of aromatic nitrogens is 1. The van der Waals surface area contributed by atoms with Gasteiger partial charge in [-0.05, 0) is 48.4 Å². The fourth-order valence-corrected chi connectivity index (χ4v) is 3.45. The first-order chi connectivity index (χ1) is 13.7. The highest BCUT2D eigenvalue weighted by Gasteiger charge is 2.13. The van der Waals surface area contributed by atoms with Crippen molar-refractivity contribution in [3.8, 4) is 0 Å². The van der Waals surface area contributed by atoms with Crippen LogP contribution in [-0.4, -0.2) is 50.3 Å². The van der Waals surface area contributed by atoms with Crippen LogP contribution in [0.5, 0.6) is 0 Å². The van der Waals surface area contributed by atoms with Crippen LogP contribution in [0.4, 0.5) is 5.82 Å². The Hall–Kier alpha value is -3.04. The van der Waals surface area contributed by atoms with E-state index in [-0.39, 0.29) is 23.3 Å². The summed E-state index contributed by atoms with van der Waals surface area (Å²) in [5.41, 5.74) is 1.63. The summed E-state index contributed by atoms with van der Waals surface area (Å²) < 4.78 is 26.3. The second kappa shape index (κ2) is 9.94. The summed E-state index contributed by atoms with van der Waals surface area (Å²) >= 11 is 0.